The first-order chi connectivity index (χ1) is 40.5. The van der Waals surface area contributed by atoms with E-state index in [1.165, 1.54) is 12.1 Å². The number of unbranched alkanes of at least 4 members (excludes halogenated alkanes) is 3. The summed E-state index contributed by atoms with van der Waals surface area (Å²) >= 11 is 0. The zero-order valence-corrected chi connectivity index (χ0v) is 52.5. The Bertz CT molecular complexity index is 2590. The first-order valence-corrected chi connectivity index (χ1v) is 31.5. The molecule has 0 aromatic heterocycles. The van der Waals surface area contributed by atoms with Gasteiger partial charge in [0.15, 0.2) is 4.90 Å². The van der Waals surface area contributed by atoms with Crippen molar-refractivity contribution in [3.8, 4) is 0 Å². The Balaban J connectivity index is 2.48. The third kappa shape index (κ3) is 27.8. The van der Waals surface area contributed by atoms with Crippen LogP contribution in [-0.2, 0) is 54.8 Å². The Morgan fingerprint density at radius 3 is 1.22 bits per heavy atom. The third-order valence-electron chi connectivity index (χ3n) is 13.9. The van der Waals surface area contributed by atoms with Gasteiger partial charge in [0.25, 0.3) is 5.69 Å². The van der Waals surface area contributed by atoms with Crippen molar-refractivity contribution in [3.05, 3.63) is 70.3 Å². The van der Waals surface area contributed by atoms with E-state index in [-0.39, 0.29) is 88.1 Å². The number of carbonyl (C=O) groups excluding carboxylic acids is 8. The number of nitro groups is 1. The molecule has 0 aliphatic heterocycles. The Morgan fingerprint density at radius 2 is 0.849 bits per heavy atom. The van der Waals surface area contributed by atoms with Gasteiger partial charge in [0.1, 0.15) is 36.3 Å². The van der Waals surface area contributed by atoms with Crippen LogP contribution in [0.2, 0.25) is 0 Å². The van der Waals surface area contributed by atoms with Crippen LogP contribution >= 0.6 is 0 Å². The molecule has 27 heteroatoms. The summed E-state index contributed by atoms with van der Waals surface area (Å²) in [5.41, 5.74) is 29.4. The lowest BCUT2D eigenvalue weighted by Gasteiger charge is -2.30. The number of para-hydroxylation sites is 1. The molecule has 0 aliphatic rings. The Morgan fingerprint density at radius 1 is 0.500 bits per heavy atom. The van der Waals surface area contributed by atoms with E-state index in [0.29, 0.717) is 49.4 Å². The zero-order chi connectivity index (χ0) is 64.7. The molecule has 8 atom stereocenters. The Labute approximate surface area is 508 Å². The van der Waals surface area contributed by atoms with Gasteiger partial charge in [-0.05, 0) is 145 Å². The van der Waals surface area contributed by atoms with Gasteiger partial charge in [-0.15, -0.1) is 0 Å². The van der Waals surface area contributed by atoms with Crippen molar-refractivity contribution in [3.63, 3.8) is 0 Å². The molecule has 0 spiro atoms. The van der Waals surface area contributed by atoms with E-state index in [4.69, 9.17) is 28.7 Å². The number of hydrogen-bond donors (Lipinski definition) is 12. The van der Waals surface area contributed by atoms with Crippen LogP contribution in [0, 0.1) is 33.8 Å². The number of nitrogens with zero attached hydrogens (tertiary/aromatic N) is 2. The maximum Gasteiger partial charge on any atom is 0.289 e. The fourth-order valence-electron chi connectivity index (χ4n) is 9.68. The molecule has 0 saturated carbocycles. The van der Waals surface area contributed by atoms with Crippen LogP contribution in [0.4, 0.5) is 5.69 Å². The molecule has 0 bridgehead atoms. The predicted octanol–water partition coefficient (Wildman–Crippen LogP) is 1.61. The van der Waals surface area contributed by atoms with Gasteiger partial charge in [-0.3, -0.25) is 48.5 Å². The summed E-state index contributed by atoms with van der Waals surface area (Å²) in [6.07, 6.45) is 3.65. The molecule has 0 aliphatic carbocycles. The van der Waals surface area contributed by atoms with Gasteiger partial charge in [0.2, 0.25) is 57.3 Å². The molecule has 0 unspecified atom stereocenters. The van der Waals surface area contributed by atoms with E-state index in [1.54, 1.807) is 0 Å². The Hall–Kier alpha value is -6.65. The molecule has 2 aromatic carbocycles. The normalized spacial score (nSPS) is 14.5. The molecule has 86 heavy (non-hydrogen) atoms. The lowest BCUT2D eigenvalue weighted by molar-refractivity contribution is -0.387. The monoisotopic (exact) mass is 1230 g/mol. The van der Waals surface area contributed by atoms with E-state index < -0.39 is 134 Å². The predicted molar refractivity (Wildman–Crippen MR) is 329 cm³/mol. The number of carbonyl (C=O) groups is 8. The summed E-state index contributed by atoms with van der Waals surface area (Å²) in [4.78, 5) is 122. The highest BCUT2D eigenvalue weighted by Gasteiger charge is 2.37. The van der Waals surface area contributed by atoms with E-state index in [0.717, 1.165) is 17.7 Å². The van der Waals surface area contributed by atoms with Crippen LogP contribution in [0.25, 0.3) is 0 Å². The topological polar surface area (TPSA) is 431 Å². The highest BCUT2D eigenvalue weighted by atomic mass is 32.2. The minimum atomic E-state index is -4.77. The summed E-state index contributed by atoms with van der Waals surface area (Å²) in [7, 11) is -4.77. The van der Waals surface area contributed by atoms with Gasteiger partial charge in [-0.1, -0.05) is 97.9 Å². The quantitative estimate of drug-likeness (QED) is 0.0255. The number of rotatable bonds is 43. The third-order valence-corrected chi connectivity index (χ3v) is 15.8. The summed E-state index contributed by atoms with van der Waals surface area (Å²) in [6, 6.07) is 4.60. The highest BCUT2D eigenvalue weighted by molar-refractivity contribution is 7.89. The van der Waals surface area contributed by atoms with Crippen LogP contribution in [0.15, 0.2) is 59.5 Å². The lowest BCUT2D eigenvalue weighted by Crippen LogP contribution is -2.60. The van der Waals surface area contributed by atoms with E-state index in [2.05, 4.69) is 37.2 Å². The number of benzene rings is 2. The summed E-state index contributed by atoms with van der Waals surface area (Å²) in [5.74, 6) is -6.42. The van der Waals surface area contributed by atoms with Crippen molar-refractivity contribution in [2.24, 2.45) is 52.3 Å². The van der Waals surface area contributed by atoms with Crippen LogP contribution < -0.4 is 65.9 Å². The van der Waals surface area contributed by atoms with Gasteiger partial charge in [-0.2, -0.15) is 4.31 Å². The van der Waals surface area contributed by atoms with Crippen LogP contribution in [0.1, 0.15) is 144 Å². The molecule has 0 heterocycles. The number of nitrogens with one attached hydrogen (secondary N) is 7. The molecule has 0 radical (unpaired) electrons. The molecule has 2 aromatic rings. The maximum absolute atomic E-state index is 14.5. The van der Waals surface area contributed by atoms with Crippen molar-refractivity contribution in [1.29, 1.82) is 0 Å². The standard InChI is InChI=1S/C59H100N14O12S/c1-37(2)30-42(35-72(36-52(64)74)86(84,85)51-26-13-12-25-50(51)73(82)83)65-54(76)44(22-14-17-27-60)66-55(77)45(23-15-18-28-61)67-58(80)48(32-39(5)6)71-59(81)49(33-40(7)8)70-56(78)46(24-16-19-29-62)68-57(79)47(31-38(3)4)69-53(75)43(63)34-41-20-10-9-11-21-41/h9-13,20-21,25-26,37-40,42-49H,14-19,22-24,27-36,60-63H2,1-8H3,(H2,64,74)(H,65,76)(H,66,77)(H,67,80)(H,68,79)(H,69,75)(H,70,78)(H,71,81)/t42-,43-,44-,45-,46-,47-,48-,49-/m0/s1. The van der Waals surface area contributed by atoms with Gasteiger partial charge < -0.3 is 65.9 Å². The fraction of sp³-hybridized carbons (Fsp3) is 0.661. The van der Waals surface area contributed by atoms with Crippen molar-refractivity contribution in [2.45, 2.75) is 199 Å². The second kappa shape index (κ2) is 39.2. The van der Waals surface area contributed by atoms with Crippen molar-refractivity contribution in [1.82, 2.24) is 41.5 Å². The molecule has 0 fully saturated rings. The number of primary amides is 1. The minimum absolute atomic E-state index is 0.0510. The second-order valence-electron chi connectivity index (χ2n) is 23.7. The first-order valence-electron chi connectivity index (χ1n) is 30.1. The number of hydrogen-bond acceptors (Lipinski definition) is 16. The summed E-state index contributed by atoms with van der Waals surface area (Å²) < 4.78 is 28.8. The van der Waals surface area contributed by atoms with E-state index >= 15 is 0 Å². The highest BCUT2D eigenvalue weighted by Crippen LogP contribution is 2.27. The summed E-state index contributed by atoms with van der Waals surface area (Å²) in [5, 5.41) is 31.5. The molecule has 484 valence electrons. The average Bonchev–Trinajstić information content (AvgIpc) is 1.33. The lowest BCUT2D eigenvalue weighted by atomic mass is 9.98. The number of nitro benzene ring substituents is 1. The smallest absolute Gasteiger partial charge is 0.289 e. The SMILES string of the molecule is CC(C)C[C@@H](CN(CC(N)=O)S(=O)(=O)c1ccccc1[N+](=O)[O-])NC(=O)[C@H](CCCCN)NC(=O)[C@H](CCCCN)NC(=O)[C@H](CC(C)C)NC(=O)[C@H](CC(C)C)NC(=O)[C@H](CCCCN)NC(=O)[C@H](CC(C)C)NC(=O)[C@@H](N)Cc1ccccc1. The van der Waals surface area contributed by atoms with Crippen molar-refractivity contribution in [2.75, 3.05) is 32.7 Å². The number of nitrogens with two attached hydrogens (primary N) is 5. The van der Waals surface area contributed by atoms with Crippen LogP contribution in [0.5, 0.6) is 0 Å². The van der Waals surface area contributed by atoms with E-state index in [9.17, 15) is 56.9 Å². The van der Waals surface area contributed by atoms with Crippen LogP contribution in [0.3, 0.4) is 0 Å². The molecular weight excluding hydrogens is 1130 g/mol. The van der Waals surface area contributed by atoms with Crippen molar-refractivity contribution < 1.29 is 51.7 Å². The van der Waals surface area contributed by atoms with Crippen LogP contribution in [-0.4, -0.2) is 146 Å². The van der Waals surface area contributed by atoms with Gasteiger partial charge in [-0.25, -0.2) is 8.42 Å². The molecule has 17 N–H and O–H groups in total. The zero-order valence-electron chi connectivity index (χ0n) is 51.6. The fourth-order valence-corrected chi connectivity index (χ4v) is 11.3. The molecule has 8 amide bonds. The maximum atomic E-state index is 14.5. The number of sulfonamides is 1. The van der Waals surface area contributed by atoms with Gasteiger partial charge in [0.05, 0.1) is 17.5 Å². The Kier molecular flexibility index (Phi) is 34.4. The van der Waals surface area contributed by atoms with Gasteiger partial charge in [0, 0.05) is 18.7 Å². The largest absolute Gasteiger partial charge is 0.369 e. The minimum Gasteiger partial charge on any atom is -0.369 e. The average molecular weight is 1230 g/mol. The number of amides is 8. The molecule has 26 nitrogen and oxygen atoms in total. The molecular formula is C59H100N14O12S. The second-order valence-corrected chi connectivity index (χ2v) is 25.6. The van der Waals surface area contributed by atoms with Crippen molar-refractivity contribution >= 4 is 63.0 Å². The summed E-state index contributed by atoms with van der Waals surface area (Å²) in [6.45, 7) is 14.1. The van der Waals surface area contributed by atoms with Gasteiger partial charge >= 0.3 is 0 Å². The first kappa shape index (κ1) is 75.4. The molecule has 2 rings (SSSR count). The van der Waals surface area contributed by atoms with E-state index in [1.807, 2.05) is 85.7 Å². The molecule has 0 saturated heterocycles.